The van der Waals surface area contributed by atoms with Crippen LogP contribution in [0.25, 0.3) is 0 Å². The Morgan fingerprint density at radius 3 is 3.00 bits per heavy atom. The fourth-order valence-corrected chi connectivity index (χ4v) is 2.00. The smallest absolute Gasteiger partial charge is 0.234 e. The summed E-state index contributed by atoms with van der Waals surface area (Å²) in [5.74, 6) is 1.02. The highest BCUT2D eigenvalue weighted by Gasteiger charge is 2.17. The van der Waals surface area contributed by atoms with E-state index < -0.39 is 0 Å². The molecule has 1 aliphatic heterocycles. The number of carbonyl (C=O) groups is 1. The lowest BCUT2D eigenvalue weighted by molar-refractivity contribution is -0.124. The summed E-state index contributed by atoms with van der Waals surface area (Å²) in [5.41, 5.74) is 1.14. The lowest BCUT2D eigenvalue weighted by Gasteiger charge is -2.27. The maximum Gasteiger partial charge on any atom is 0.234 e. The molecule has 0 spiro atoms. The number of nitrogens with zero attached hydrogens (tertiary/aromatic N) is 1. The molecule has 1 heterocycles. The van der Waals surface area contributed by atoms with Crippen LogP contribution in [-0.2, 0) is 11.3 Å². The van der Waals surface area contributed by atoms with Gasteiger partial charge < -0.3 is 10.1 Å². The summed E-state index contributed by atoms with van der Waals surface area (Å²) in [5, 5.41) is 2.83. The normalized spacial score (nSPS) is 16.6. The largest absolute Gasteiger partial charge is 0.494 e. The average Bonchev–Trinajstić information content (AvgIpc) is 2.32. The van der Waals surface area contributed by atoms with Crippen LogP contribution >= 0.6 is 0 Å². The number of piperazine rings is 1. The van der Waals surface area contributed by atoms with Gasteiger partial charge in [0, 0.05) is 25.2 Å². The molecule has 1 N–H and O–H groups in total. The summed E-state index contributed by atoms with van der Waals surface area (Å²) in [6.45, 7) is 5.51. The van der Waals surface area contributed by atoms with Crippen LogP contribution in [0.2, 0.25) is 0 Å². The third kappa shape index (κ3) is 3.20. The van der Waals surface area contributed by atoms with Gasteiger partial charge in [-0.3, -0.25) is 9.69 Å². The van der Waals surface area contributed by atoms with E-state index in [1.54, 1.807) is 0 Å². The van der Waals surface area contributed by atoms with Gasteiger partial charge in [-0.2, -0.15) is 0 Å². The molecule has 1 aromatic rings. The highest BCUT2D eigenvalue weighted by atomic mass is 16.5. The van der Waals surface area contributed by atoms with Crippen LogP contribution in [0.5, 0.6) is 5.75 Å². The molecule has 1 aromatic carbocycles. The first-order valence-corrected chi connectivity index (χ1v) is 5.99. The molecule has 0 atom stereocenters. The number of hydrogen-bond acceptors (Lipinski definition) is 3. The third-order valence-corrected chi connectivity index (χ3v) is 2.78. The fourth-order valence-electron chi connectivity index (χ4n) is 2.00. The zero-order valence-electron chi connectivity index (χ0n) is 10.1. The second-order valence-electron chi connectivity index (χ2n) is 4.10. The van der Waals surface area contributed by atoms with Gasteiger partial charge in [-0.15, -0.1) is 0 Å². The Morgan fingerprint density at radius 1 is 1.41 bits per heavy atom. The quantitative estimate of drug-likeness (QED) is 0.845. The third-order valence-electron chi connectivity index (χ3n) is 2.78. The first-order chi connectivity index (χ1) is 8.29. The van der Waals surface area contributed by atoms with Gasteiger partial charge in [0.25, 0.3) is 0 Å². The molecule has 1 fully saturated rings. The van der Waals surface area contributed by atoms with Crippen molar-refractivity contribution in [3.63, 3.8) is 0 Å². The van der Waals surface area contributed by atoms with Crippen molar-refractivity contribution in [2.45, 2.75) is 13.5 Å². The summed E-state index contributed by atoms with van der Waals surface area (Å²) >= 11 is 0. The highest BCUT2D eigenvalue weighted by Crippen LogP contribution is 2.19. The molecule has 4 nitrogen and oxygen atoms in total. The Morgan fingerprint density at radius 2 is 2.24 bits per heavy atom. The second kappa shape index (κ2) is 5.68. The van der Waals surface area contributed by atoms with Crippen LogP contribution in [0.1, 0.15) is 12.5 Å². The summed E-state index contributed by atoms with van der Waals surface area (Å²) < 4.78 is 5.58. The molecule has 2 rings (SSSR count). The van der Waals surface area contributed by atoms with E-state index in [0.29, 0.717) is 13.2 Å². The van der Waals surface area contributed by atoms with E-state index in [4.69, 9.17) is 4.74 Å². The Labute approximate surface area is 102 Å². The van der Waals surface area contributed by atoms with Crippen molar-refractivity contribution in [3.8, 4) is 5.75 Å². The molecule has 0 radical (unpaired) electrons. The van der Waals surface area contributed by atoms with E-state index in [9.17, 15) is 4.79 Å². The van der Waals surface area contributed by atoms with E-state index in [0.717, 1.165) is 30.9 Å². The van der Waals surface area contributed by atoms with Crippen LogP contribution in [0.15, 0.2) is 24.3 Å². The van der Waals surface area contributed by atoms with Gasteiger partial charge in [0.05, 0.1) is 13.2 Å². The minimum Gasteiger partial charge on any atom is -0.494 e. The van der Waals surface area contributed by atoms with Gasteiger partial charge in [-0.1, -0.05) is 18.2 Å². The van der Waals surface area contributed by atoms with Crippen molar-refractivity contribution in [1.29, 1.82) is 0 Å². The number of rotatable bonds is 4. The lowest BCUT2D eigenvalue weighted by Crippen LogP contribution is -2.47. The van der Waals surface area contributed by atoms with Crippen LogP contribution in [0, 0.1) is 0 Å². The maximum absolute atomic E-state index is 11.3. The first kappa shape index (κ1) is 11.9. The Balaban J connectivity index is 2.04. The number of benzene rings is 1. The standard InChI is InChI=1S/C13H18N2O2/c1-2-17-12-6-4-3-5-11(12)9-15-8-7-14-13(16)10-15/h3-6H,2,7-10H2,1H3,(H,14,16). The fraction of sp³-hybridized carbons (Fsp3) is 0.462. The Kier molecular flexibility index (Phi) is 3.98. The average molecular weight is 234 g/mol. The van der Waals surface area contributed by atoms with Crippen molar-refractivity contribution < 1.29 is 9.53 Å². The second-order valence-corrected chi connectivity index (χ2v) is 4.10. The molecule has 1 saturated heterocycles. The number of ether oxygens (including phenoxy) is 1. The van der Waals surface area contributed by atoms with Crippen molar-refractivity contribution in [3.05, 3.63) is 29.8 Å². The zero-order valence-corrected chi connectivity index (χ0v) is 10.1. The van der Waals surface area contributed by atoms with E-state index in [2.05, 4.69) is 16.3 Å². The Hall–Kier alpha value is -1.55. The summed E-state index contributed by atoms with van der Waals surface area (Å²) in [7, 11) is 0. The van der Waals surface area contributed by atoms with E-state index >= 15 is 0 Å². The number of hydrogen-bond donors (Lipinski definition) is 1. The molecule has 0 unspecified atom stereocenters. The predicted molar refractivity (Wildman–Crippen MR) is 65.9 cm³/mol. The molecule has 92 valence electrons. The van der Waals surface area contributed by atoms with Gasteiger partial charge in [0.1, 0.15) is 5.75 Å². The molecule has 17 heavy (non-hydrogen) atoms. The molecular formula is C13H18N2O2. The van der Waals surface area contributed by atoms with Crippen molar-refractivity contribution in [2.75, 3.05) is 26.2 Å². The van der Waals surface area contributed by atoms with E-state index in [1.807, 2.05) is 25.1 Å². The van der Waals surface area contributed by atoms with Crippen molar-refractivity contribution in [1.82, 2.24) is 10.2 Å². The van der Waals surface area contributed by atoms with Gasteiger partial charge in [-0.05, 0) is 13.0 Å². The van der Waals surface area contributed by atoms with E-state index in [-0.39, 0.29) is 5.91 Å². The van der Waals surface area contributed by atoms with Crippen molar-refractivity contribution >= 4 is 5.91 Å². The van der Waals surface area contributed by atoms with Gasteiger partial charge >= 0.3 is 0 Å². The maximum atomic E-state index is 11.3. The number of carbonyl (C=O) groups excluding carboxylic acids is 1. The van der Waals surface area contributed by atoms with Crippen LogP contribution in [0.3, 0.4) is 0 Å². The van der Waals surface area contributed by atoms with E-state index in [1.165, 1.54) is 0 Å². The monoisotopic (exact) mass is 234 g/mol. The molecule has 0 aliphatic carbocycles. The van der Waals surface area contributed by atoms with Crippen LogP contribution in [0.4, 0.5) is 0 Å². The topological polar surface area (TPSA) is 41.6 Å². The molecule has 4 heteroatoms. The molecule has 0 saturated carbocycles. The zero-order chi connectivity index (χ0) is 12.1. The van der Waals surface area contributed by atoms with Crippen LogP contribution < -0.4 is 10.1 Å². The van der Waals surface area contributed by atoms with Crippen molar-refractivity contribution in [2.24, 2.45) is 0 Å². The number of nitrogens with one attached hydrogen (secondary N) is 1. The molecule has 1 aliphatic rings. The number of amides is 1. The summed E-state index contributed by atoms with van der Waals surface area (Å²) in [6.07, 6.45) is 0. The van der Waals surface area contributed by atoms with Gasteiger partial charge in [0.2, 0.25) is 5.91 Å². The summed E-state index contributed by atoms with van der Waals surface area (Å²) in [6, 6.07) is 8.00. The van der Waals surface area contributed by atoms with Crippen LogP contribution in [-0.4, -0.2) is 37.0 Å². The minimum atomic E-state index is 0.102. The summed E-state index contributed by atoms with van der Waals surface area (Å²) in [4.78, 5) is 13.4. The molecule has 0 aromatic heterocycles. The first-order valence-electron chi connectivity index (χ1n) is 5.99. The highest BCUT2D eigenvalue weighted by molar-refractivity contribution is 5.78. The molecule has 0 bridgehead atoms. The SMILES string of the molecule is CCOc1ccccc1CN1CCNC(=O)C1. The lowest BCUT2D eigenvalue weighted by atomic mass is 10.1. The van der Waals surface area contributed by atoms with Gasteiger partial charge in [0.15, 0.2) is 0 Å². The van der Waals surface area contributed by atoms with Gasteiger partial charge in [-0.25, -0.2) is 0 Å². The molecular weight excluding hydrogens is 216 g/mol. The minimum absolute atomic E-state index is 0.102. The number of para-hydroxylation sites is 1. The Bertz CT molecular complexity index is 393. The predicted octanol–water partition coefficient (Wildman–Crippen LogP) is 1.02. The molecule has 1 amide bonds.